The van der Waals surface area contributed by atoms with Gasteiger partial charge in [0.1, 0.15) is 10.3 Å². The number of amides is 1. The van der Waals surface area contributed by atoms with Gasteiger partial charge >= 0.3 is 0 Å². The molecule has 1 amide bonds. The molecule has 0 bridgehead atoms. The fourth-order valence-electron chi connectivity index (χ4n) is 3.05. The van der Waals surface area contributed by atoms with E-state index < -0.39 is 5.60 Å². The van der Waals surface area contributed by atoms with E-state index in [1.165, 1.54) is 0 Å². The van der Waals surface area contributed by atoms with E-state index in [2.05, 4.69) is 26.1 Å². The van der Waals surface area contributed by atoms with Crippen molar-refractivity contribution in [1.82, 2.24) is 15.0 Å². The first-order chi connectivity index (χ1) is 10.0. The number of aromatic nitrogens is 2. The molecule has 0 radical (unpaired) electrons. The number of likely N-dealkylation sites (N-methyl/N-ethyl adjacent to an activating group) is 1. The minimum atomic E-state index is -1.59. The lowest BCUT2D eigenvalue weighted by Crippen LogP contribution is -2.40. The lowest BCUT2D eigenvalue weighted by molar-refractivity contribution is -0.149. The molecule has 6 nitrogen and oxygen atoms in total. The van der Waals surface area contributed by atoms with Crippen LogP contribution in [-0.2, 0) is 10.4 Å². The number of carbonyl (C=O) groups is 1. The largest absolute Gasteiger partial charge is 0.373 e. The first-order valence-corrected chi connectivity index (χ1v) is 7.41. The number of fused-ring (bicyclic) bond motifs is 1. The maximum Gasteiger partial charge on any atom is 0.262 e. The molecular formula is C14H12BrN3O3. The molecule has 4 rings (SSSR count). The summed E-state index contributed by atoms with van der Waals surface area (Å²) in [4.78, 5) is 18.1. The number of nitrogens with zero attached hydrogens (tertiary/aromatic N) is 3. The molecular weight excluding hydrogens is 338 g/mol. The summed E-state index contributed by atoms with van der Waals surface area (Å²) in [5.41, 5.74) is -0.468. The number of likely N-dealkylation sites (tertiary alicyclic amines) is 1. The summed E-state index contributed by atoms with van der Waals surface area (Å²) in [5.74, 6) is -0.235. The Hall–Kier alpha value is -1.73. The SMILES string of the molecule is CN1C(=O)[C@](O)(c2cc(-c3cccc(Br)n3)no2)[C@H]2C[C@H]21. The molecule has 2 aromatic heterocycles. The minimum Gasteiger partial charge on any atom is -0.373 e. The van der Waals surface area contributed by atoms with Gasteiger partial charge in [-0.2, -0.15) is 0 Å². The van der Waals surface area contributed by atoms with Gasteiger partial charge in [-0.3, -0.25) is 4.79 Å². The lowest BCUT2D eigenvalue weighted by atomic mass is 9.95. The number of piperidine rings is 1. The van der Waals surface area contributed by atoms with Crippen LogP contribution in [0.15, 0.2) is 33.4 Å². The molecule has 3 atom stereocenters. The Morgan fingerprint density at radius 1 is 1.48 bits per heavy atom. The molecule has 2 aromatic rings. The number of hydrogen-bond acceptors (Lipinski definition) is 5. The predicted octanol–water partition coefficient (Wildman–Crippen LogP) is 1.55. The first kappa shape index (κ1) is 13.0. The fraction of sp³-hybridized carbons (Fsp3) is 0.357. The maximum absolute atomic E-state index is 12.2. The van der Waals surface area contributed by atoms with Gasteiger partial charge in [-0.25, -0.2) is 4.98 Å². The van der Waals surface area contributed by atoms with Gasteiger partial charge in [0, 0.05) is 25.1 Å². The number of halogens is 1. The molecule has 21 heavy (non-hydrogen) atoms. The Balaban J connectivity index is 1.74. The summed E-state index contributed by atoms with van der Waals surface area (Å²) in [6.45, 7) is 0. The van der Waals surface area contributed by atoms with Gasteiger partial charge in [-0.05, 0) is 34.5 Å². The number of rotatable bonds is 2. The van der Waals surface area contributed by atoms with Crippen molar-refractivity contribution in [3.05, 3.63) is 34.6 Å². The molecule has 1 aliphatic heterocycles. The summed E-state index contributed by atoms with van der Waals surface area (Å²) in [7, 11) is 1.71. The Bertz CT molecular complexity index is 747. The minimum absolute atomic E-state index is 0.105. The molecule has 1 N–H and O–H groups in total. The van der Waals surface area contributed by atoms with Crippen LogP contribution < -0.4 is 0 Å². The van der Waals surface area contributed by atoms with E-state index in [0.29, 0.717) is 16.0 Å². The summed E-state index contributed by atoms with van der Waals surface area (Å²) in [5, 5.41) is 14.7. The van der Waals surface area contributed by atoms with Crippen LogP contribution in [0.4, 0.5) is 0 Å². The predicted molar refractivity (Wildman–Crippen MR) is 76.0 cm³/mol. The van der Waals surface area contributed by atoms with Crippen LogP contribution in [-0.4, -0.2) is 39.1 Å². The number of hydrogen-bond donors (Lipinski definition) is 1. The summed E-state index contributed by atoms with van der Waals surface area (Å²) in [6, 6.07) is 7.14. The van der Waals surface area contributed by atoms with Gasteiger partial charge in [-0.1, -0.05) is 11.2 Å². The molecule has 1 saturated carbocycles. The summed E-state index contributed by atoms with van der Waals surface area (Å²) in [6.07, 6.45) is 0.796. The van der Waals surface area contributed by atoms with Gasteiger partial charge in [-0.15, -0.1) is 0 Å². The van der Waals surface area contributed by atoms with E-state index in [-0.39, 0.29) is 23.6 Å². The molecule has 0 unspecified atom stereocenters. The van der Waals surface area contributed by atoms with E-state index in [4.69, 9.17) is 4.52 Å². The van der Waals surface area contributed by atoms with Gasteiger partial charge in [0.25, 0.3) is 5.91 Å². The van der Waals surface area contributed by atoms with Crippen LogP contribution >= 0.6 is 15.9 Å². The standard InChI is InChI=1S/C14H12BrN3O3/c1-18-10-5-7(10)14(20,13(18)19)11-6-9(17-21-11)8-3-2-4-12(15)16-8/h2-4,6-7,10,20H,5H2,1H3/t7-,10+,14+/m0/s1. The van der Waals surface area contributed by atoms with Crippen LogP contribution in [0.2, 0.25) is 0 Å². The third-order valence-electron chi connectivity index (χ3n) is 4.30. The van der Waals surface area contributed by atoms with Crippen molar-refractivity contribution in [2.24, 2.45) is 5.92 Å². The highest BCUT2D eigenvalue weighted by molar-refractivity contribution is 9.10. The molecule has 2 aliphatic rings. The topological polar surface area (TPSA) is 79.5 Å². The van der Waals surface area contributed by atoms with Crippen molar-refractivity contribution >= 4 is 21.8 Å². The Morgan fingerprint density at radius 3 is 2.95 bits per heavy atom. The molecule has 2 fully saturated rings. The summed E-state index contributed by atoms with van der Waals surface area (Å²) >= 11 is 3.30. The van der Waals surface area contributed by atoms with Gasteiger partial charge in [0.05, 0.1) is 5.69 Å². The zero-order valence-corrected chi connectivity index (χ0v) is 12.7. The number of pyridine rings is 1. The normalized spacial score (nSPS) is 30.6. The fourth-order valence-corrected chi connectivity index (χ4v) is 3.39. The van der Waals surface area contributed by atoms with Crippen molar-refractivity contribution in [1.29, 1.82) is 0 Å². The lowest BCUT2D eigenvalue weighted by Gasteiger charge is -2.21. The zero-order valence-electron chi connectivity index (χ0n) is 11.2. The maximum atomic E-state index is 12.2. The third kappa shape index (κ3) is 1.70. The van der Waals surface area contributed by atoms with Gasteiger partial charge < -0.3 is 14.5 Å². The second-order valence-electron chi connectivity index (χ2n) is 5.51. The second-order valence-corrected chi connectivity index (χ2v) is 6.33. The van der Waals surface area contributed by atoms with Crippen LogP contribution in [0.3, 0.4) is 0 Å². The molecule has 108 valence electrons. The van der Waals surface area contributed by atoms with Crippen LogP contribution in [0.5, 0.6) is 0 Å². The van der Waals surface area contributed by atoms with Crippen molar-refractivity contribution in [2.45, 2.75) is 18.1 Å². The van der Waals surface area contributed by atoms with E-state index in [0.717, 1.165) is 6.42 Å². The zero-order chi connectivity index (χ0) is 14.8. The molecule has 1 aliphatic carbocycles. The number of aliphatic hydroxyl groups is 1. The van der Waals surface area contributed by atoms with E-state index >= 15 is 0 Å². The quantitative estimate of drug-likeness (QED) is 0.832. The molecule has 7 heteroatoms. The highest BCUT2D eigenvalue weighted by Gasteiger charge is 2.68. The van der Waals surface area contributed by atoms with Crippen molar-refractivity contribution in [3.8, 4) is 11.4 Å². The van der Waals surface area contributed by atoms with E-state index in [1.807, 2.05) is 12.1 Å². The average Bonchev–Trinajstić information content (AvgIpc) is 3.07. The van der Waals surface area contributed by atoms with Crippen molar-refractivity contribution < 1.29 is 14.4 Å². The highest BCUT2D eigenvalue weighted by Crippen LogP contribution is 2.55. The summed E-state index contributed by atoms with van der Waals surface area (Å²) < 4.78 is 5.94. The molecule has 1 saturated heterocycles. The first-order valence-electron chi connectivity index (χ1n) is 6.61. The average molecular weight is 350 g/mol. The molecule has 0 aromatic carbocycles. The molecule has 0 spiro atoms. The van der Waals surface area contributed by atoms with Gasteiger partial charge in [0.15, 0.2) is 5.76 Å². The Labute approximate surface area is 128 Å². The highest BCUT2D eigenvalue weighted by atomic mass is 79.9. The van der Waals surface area contributed by atoms with Crippen LogP contribution in [0.25, 0.3) is 11.4 Å². The van der Waals surface area contributed by atoms with Crippen molar-refractivity contribution in [3.63, 3.8) is 0 Å². The van der Waals surface area contributed by atoms with E-state index in [9.17, 15) is 9.90 Å². The van der Waals surface area contributed by atoms with Crippen LogP contribution in [0.1, 0.15) is 12.2 Å². The third-order valence-corrected chi connectivity index (χ3v) is 4.74. The monoisotopic (exact) mass is 349 g/mol. The van der Waals surface area contributed by atoms with Crippen LogP contribution in [0, 0.1) is 5.92 Å². The second kappa shape index (κ2) is 4.14. The smallest absolute Gasteiger partial charge is 0.262 e. The van der Waals surface area contributed by atoms with Gasteiger partial charge in [0.2, 0.25) is 5.60 Å². The Kier molecular flexibility index (Phi) is 2.56. The van der Waals surface area contributed by atoms with Crippen molar-refractivity contribution in [2.75, 3.05) is 7.05 Å². The number of carbonyl (C=O) groups excluding carboxylic acids is 1. The Morgan fingerprint density at radius 2 is 2.29 bits per heavy atom. The van der Waals surface area contributed by atoms with E-state index in [1.54, 1.807) is 24.1 Å². The molecule has 3 heterocycles.